The Bertz CT molecular complexity index is 495. The maximum Gasteiger partial charge on any atom is 0.228 e. The van der Waals surface area contributed by atoms with Crippen LogP contribution in [0.4, 0.5) is 5.69 Å². The van der Waals surface area contributed by atoms with Gasteiger partial charge in [0.25, 0.3) is 0 Å². The van der Waals surface area contributed by atoms with Gasteiger partial charge in [0.2, 0.25) is 5.91 Å². The Morgan fingerprint density at radius 2 is 2.06 bits per heavy atom. The number of nitrogens with one attached hydrogen (secondary N) is 1. The van der Waals surface area contributed by atoms with Crippen LogP contribution in [-0.2, 0) is 4.79 Å². The summed E-state index contributed by atoms with van der Waals surface area (Å²) < 4.78 is 7.01. The lowest BCUT2D eigenvalue weighted by atomic mass is 10.0. The number of carbonyl (C=O) groups is 1. The zero-order valence-corrected chi connectivity index (χ0v) is 12.7. The molecule has 0 fully saturated rings. The predicted molar refractivity (Wildman–Crippen MR) is 76.2 cm³/mol. The molecule has 1 heterocycles. The largest absolute Gasteiger partial charge is 0.485 e. The van der Waals surface area contributed by atoms with E-state index in [1.807, 2.05) is 19.9 Å². The lowest BCUT2D eigenvalue weighted by Gasteiger charge is -2.25. The molecule has 1 aromatic carbocycles. The van der Waals surface area contributed by atoms with Gasteiger partial charge in [-0.25, -0.2) is 0 Å². The van der Waals surface area contributed by atoms with E-state index in [-0.39, 0.29) is 5.91 Å². The number of hydrogen-bond donors (Lipinski definition) is 1. The van der Waals surface area contributed by atoms with Crippen LogP contribution in [0.25, 0.3) is 0 Å². The Labute approximate surface area is 116 Å². The molecule has 4 heteroatoms. The fourth-order valence-electron chi connectivity index (χ4n) is 2.14. The topological polar surface area (TPSA) is 38.3 Å². The highest BCUT2D eigenvalue weighted by atomic mass is 79.9. The maximum atomic E-state index is 11.8. The minimum absolute atomic E-state index is 0.00782. The van der Waals surface area contributed by atoms with Crippen molar-refractivity contribution in [2.75, 3.05) is 5.32 Å². The Kier molecular flexibility index (Phi) is 3.41. The van der Waals surface area contributed by atoms with Gasteiger partial charge in [0, 0.05) is 4.47 Å². The van der Waals surface area contributed by atoms with Crippen molar-refractivity contribution in [1.82, 2.24) is 0 Å². The van der Waals surface area contributed by atoms with Crippen LogP contribution < -0.4 is 10.1 Å². The number of ether oxygens (including phenoxy) is 1. The van der Waals surface area contributed by atoms with E-state index in [9.17, 15) is 4.79 Å². The third-order valence-electron chi connectivity index (χ3n) is 2.94. The van der Waals surface area contributed by atoms with Crippen molar-refractivity contribution in [2.24, 2.45) is 0 Å². The van der Waals surface area contributed by atoms with E-state index in [2.05, 4.69) is 41.2 Å². The van der Waals surface area contributed by atoms with Crippen LogP contribution in [0.5, 0.6) is 5.75 Å². The number of carbonyl (C=O) groups excluding carboxylic acids is 1. The van der Waals surface area contributed by atoms with Crippen LogP contribution in [0.2, 0.25) is 0 Å². The highest BCUT2D eigenvalue weighted by molar-refractivity contribution is 9.10. The molecule has 0 saturated heterocycles. The SMILES string of the molecule is CC(C)c1cc(Br)cc2c1OC(C)(C)CC(=O)N2. The first-order valence-electron chi connectivity index (χ1n) is 6.11. The minimum atomic E-state index is -0.479. The summed E-state index contributed by atoms with van der Waals surface area (Å²) in [7, 11) is 0. The van der Waals surface area contributed by atoms with Gasteiger partial charge in [-0.1, -0.05) is 29.8 Å². The van der Waals surface area contributed by atoms with Crippen molar-refractivity contribution in [3.63, 3.8) is 0 Å². The molecule has 0 unspecified atom stereocenters. The van der Waals surface area contributed by atoms with Gasteiger partial charge in [0.1, 0.15) is 11.4 Å². The van der Waals surface area contributed by atoms with Crippen LogP contribution in [0, 0.1) is 0 Å². The molecule has 0 aromatic heterocycles. The van der Waals surface area contributed by atoms with Crippen LogP contribution in [0.1, 0.15) is 45.6 Å². The van der Waals surface area contributed by atoms with Gasteiger partial charge >= 0.3 is 0 Å². The van der Waals surface area contributed by atoms with E-state index >= 15 is 0 Å². The highest BCUT2D eigenvalue weighted by Gasteiger charge is 2.31. The third-order valence-corrected chi connectivity index (χ3v) is 3.40. The smallest absolute Gasteiger partial charge is 0.228 e. The van der Waals surface area contributed by atoms with Crippen molar-refractivity contribution in [3.05, 3.63) is 22.2 Å². The molecule has 0 spiro atoms. The summed E-state index contributed by atoms with van der Waals surface area (Å²) >= 11 is 3.48. The highest BCUT2D eigenvalue weighted by Crippen LogP contribution is 2.41. The molecule has 1 aromatic rings. The van der Waals surface area contributed by atoms with E-state index in [1.54, 1.807) is 0 Å². The lowest BCUT2D eigenvalue weighted by molar-refractivity contribution is -0.118. The Hall–Kier alpha value is -1.03. The van der Waals surface area contributed by atoms with Gasteiger partial charge in [-0.15, -0.1) is 0 Å². The summed E-state index contributed by atoms with van der Waals surface area (Å²) in [5, 5.41) is 2.92. The molecule has 0 radical (unpaired) electrons. The zero-order chi connectivity index (χ0) is 13.5. The molecule has 1 aliphatic heterocycles. The third kappa shape index (κ3) is 2.69. The first-order valence-corrected chi connectivity index (χ1v) is 6.90. The Balaban J connectivity index is 2.59. The summed E-state index contributed by atoms with van der Waals surface area (Å²) in [6, 6.07) is 3.94. The van der Waals surface area contributed by atoms with Gasteiger partial charge in [0.05, 0.1) is 12.1 Å². The molecule has 1 N–H and O–H groups in total. The van der Waals surface area contributed by atoms with Gasteiger partial charge < -0.3 is 10.1 Å². The first kappa shape index (κ1) is 13.4. The molecular weight excluding hydrogens is 294 g/mol. The fraction of sp³-hybridized carbons (Fsp3) is 0.500. The summed E-state index contributed by atoms with van der Waals surface area (Å²) in [6.45, 7) is 8.11. The number of benzene rings is 1. The lowest BCUT2D eigenvalue weighted by Crippen LogP contribution is -2.31. The van der Waals surface area contributed by atoms with Crippen molar-refractivity contribution >= 4 is 27.5 Å². The van der Waals surface area contributed by atoms with Crippen LogP contribution in [0.15, 0.2) is 16.6 Å². The van der Waals surface area contributed by atoms with E-state index < -0.39 is 5.60 Å². The molecule has 98 valence electrons. The van der Waals surface area contributed by atoms with Gasteiger partial charge in [-0.05, 0) is 37.5 Å². The molecule has 3 nitrogen and oxygen atoms in total. The second-order valence-electron chi connectivity index (χ2n) is 5.61. The zero-order valence-electron chi connectivity index (χ0n) is 11.1. The number of fused-ring (bicyclic) bond motifs is 1. The summed E-state index contributed by atoms with van der Waals surface area (Å²) in [6.07, 6.45) is 0.358. The predicted octanol–water partition coefficient (Wildman–Crippen LogP) is 4.07. The molecule has 1 amide bonds. The van der Waals surface area contributed by atoms with E-state index in [1.165, 1.54) is 0 Å². The summed E-state index contributed by atoms with van der Waals surface area (Å²) in [4.78, 5) is 11.8. The van der Waals surface area contributed by atoms with E-state index in [4.69, 9.17) is 4.74 Å². The van der Waals surface area contributed by atoms with E-state index in [0.29, 0.717) is 12.3 Å². The van der Waals surface area contributed by atoms with Crippen molar-refractivity contribution in [1.29, 1.82) is 0 Å². The van der Waals surface area contributed by atoms with Crippen molar-refractivity contribution in [2.45, 2.75) is 45.6 Å². The maximum absolute atomic E-state index is 11.8. The number of hydrogen-bond acceptors (Lipinski definition) is 2. The Morgan fingerprint density at radius 1 is 1.39 bits per heavy atom. The molecule has 0 atom stereocenters. The van der Waals surface area contributed by atoms with Gasteiger partial charge in [0.15, 0.2) is 0 Å². The Morgan fingerprint density at radius 3 is 2.67 bits per heavy atom. The number of anilines is 1. The molecule has 18 heavy (non-hydrogen) atoms. The fourth-order valence-corrected chi connectivity index (χ4v) is 2.62. The standard InChI is InChI=1S/C14H18BrNO2/c1-8(2)10-5-9(15)6-11-13(10)18-14(3,4)7-12(17)16-11/h5-6,8H,7H2,1-4H3,(H,16,17). The molecule has 0 saturated carbocycles. The van der Waals surface area contributed by atoms with Crippen molar-refractivity contribution < 1.29 is 9.53 Å². The second kappa shape index (κ2) is 4.57. The summed E-state index contributed by atoms with van der Waals surface area (Å²) in [5.41, 5.74) is 1.38. The van der Waals surface area contributed by atoms with Crippen LogP contribution in [-0.4, -0.2) is 11.5 Å². The first-order chi connectivity index (χ1) is 8.28. The molecule has 0 aliphatic carbocycles. The number of halogens is 1. The average molecular weight is 312 g/mol. The van der Waals surface area contributed by atoms with Gasteiger partial charge in [-0.3, -0.25) is 4.79 Å². The minimum Gasteiger partial charge on any atom is -0.485 e. The summed E-state index contributed by atoms with van der Waals surface area (Å²) in [5.74, 6) is 1.12. The monoisotopic (exact) mass is 311 g/mol. The normalized spacial score (nSPS) is 17.8. The molecule has 2 rings (SSSR count). The van der Waals surface area contributed by atoms with Crippen LogP contribution >= 0.6 is 15.9 Å². The van der Waals surface area contributed by atoms with Crippen LogP contribution in [0.3, 0.4) is 0 Å². The molecular formula is C14H18BrNO2. The molecule has 0 bridgehead atoms. The number of amides is 1. The molecule has 1 aliphatic rings. The van der Waals surface area contributed by atoms with Gasteiger partial charge in [-0.2, -0.15) is 0 Å². The number of rotatable bonds is 1. The second-order valence-corrected chi connectivity index (χ2v) is 6.53. The average Bonchev–Trinajstić information content (AvgIpc) is 2.30. The van der Waals surface area contributed by atoms with E-state index in [0.717, 1.165) is 21.5 Å². The van der Waals surface area contributed by atoms with Crippen molar-refractivity contribution in [3.8, 4) is 5.75 Å². The quantitative estimate of drug-likeness (QED) is 0.849.